The average molecular weight is 348 g/mol. The van der Waals surface area contributed by atoms with E-state index in [0.717, 1.165) is 0 Å². The fourth-order valence-electron chi connectivity index (χ4n) is 0. The van der Waals surface area contributed by atoms with Crippen LogP contribution in [0.3, 0.4) is 0 Å². The van der Waals surface area contributed by atoms with Gasteiger partial charge in [-0.15, -0.1) is 0 Å². The minimum absolute atomic E-state index is 0. The third kappa shape index (κ3) is 1130. The second-order valence-corrected chi connectivity index (χ2v) is 0.456. The first-order valence-electron chi connectivity index (χ1n) is 2.14. The summed E-state index contributed by atoms with van der Waals surface area (Å²) in [7, 11) is 0. The van der Waals surface area contributed by atoms with Crippen molar-refractivity contribution < 1.29 is 88.9 Å². The smallest absolute Gasteiger partial charge is 0.812 e. The molecule has 10 nitrogen and oxygen atoms in total. The summed E-state index contributed by atoms with van der Waals surface area (Å²) in [6, 6.07) is 0. The zero-order valence-electron chi connectivity index (χ0n) is 8.46. The number of rotatable bonds is 0. The van der Waals surface area contributed by atoms with Gasteiger partial charge in [-0.05, 0) is 0 Å². The molecule has 93 valence electrons. The van der Waals surface area contributed by atoms with E-state index in [1.165, 1.54) is 0 Å². The van der Waals surface area contributed by atoms with Gasteiger partial charge >= 0.3 is 63.4 Å². The van der Waals surface area contributed by atoms with Crippen LogP contribution in [0.25, 0.3) is 0 Å². The van der Waals surface area contributed by atoms with Crippen molar-refractivity contribution in [1.29, 1.82) is 26.3 Å². The van der Waals surface area contributed by atoms with Crippen LogP contribution in [0.2, 0.25) is 0 Å². The van der Waals surface area contributed by atoms with Crippen molar-refractivity contribution in [1.82, 2.24) is 0 Å². The Hall–Kier alpha value is -1.52. The summed E-state index contributed by atoms with van der Waals surface area (Å²) in [4.78, 5) is 0. The Morgan fingerprint density at radius 2 is 0.500 bits per heavy atom. The van der Waals surface area contributed by atoms with Crippen molar-refractivity contribution >= 4 is 0 Å². The van der Waals surface area contributed by atoms with Crippen LogP contribution in [0.1, 0.15) is 0 Å². The Balaban J connectivity index is -0.0000000111. The van der Waals surface area contributed by atoms with E-state index in [0.29, 0.717) is 31.3 Å². The maximum Gasteiger partial charge on any atom is 2.00 e. The summed E-state index contributed by atoms with van der Waals surface area (Å²) in [5.74, 6) is 0. The summed E-state index contributed by atoms with van der Waals surface area (Å²) in [5, 5.41) is 75.0. The van der Waals surface area contributed by atoms with E-state index in [-0.39, 0.29) is 63.4 Å². The van der Waals surface area contributed by atoms with Crippen LogP contribution in [0.15, 0.2) is 0 Å². The van der Waals surface area contributed by atoms with Gasteiger partial charge in [-0.25, -0.2) is 26.3 Å². The molecular weight excluding hydrogens is 348 g/mol. The Morgan fingerprint density at radius 1 is 0.500 bits per heavy atom. The van der Waals surface area contributed by atoms with Gasteiger partial charge < -0.3 is 25.5 Å². The number of nitriles is 5. The van der Waals surface area contributed by atoms with Crippen LogP contribution in [0.4, 0.5) is 0 Å². The minimum atomic E-state index is 0. The predicted molar refractivity (Wildman–Crippen MR) is 28.1 cm³/mol. The first-order chi connectivity index (χ1) is 7.07. The molecule has 18 heavy (non-hydrogen) atoms. The second kappa shape index (κ2) is 268. The molecule has 0 spiro atoms. The SMILES string of the molecule is N#C[O-].N#C[O-].N#C[O-].N#C[O-].N#C[O-].[Co+2].[Fe+2].[Na+]. The normalized spacial score (nSPS) is 1.94. The van der Waals surface area contributed by atoms with Gasteiger partial charge in [0.1, 0.15) is 0 Å². The molecule has 0 atom stereocenters. The second-order valence-electron chi connectivity index (χ2n) is 0.456. The van der Waals surface area contributed by atoms with Crippen LogP contribution in [-0.4, -0.2) is 0 Å². The topological polar surface area (TPSA) is 234 Å². The van der Waals surface area contributed by atoms with Crippen molar-refractivity contribution in [3.05, 3.63) is 0 Å². The maximum atomic E-state index is 8.24. The third-order valence-corrected chi connectivity index (χ3v) is 0. The molecule has 0 amide bonds. The fraction of sp³-hybridized carbons (Fsp3) is 0. The van der Waals surface area contributed by atoms with Gasteiger partial charge in [-0.3, -0.25) is 0 Å². The molecule has 0 unspecified atom stereocenters. The van der Waals surface area contributed by atoms with Gasteiger partial charge in [0, 0.05) is 31.3 Å². The van der Waals surface area contributed by atoms with E-state index < -0.39 is 0 Å². The predicted octanol–water partition coefficient (Wildman–Crippen LogP) is -8.86. The molecule has 0 fully saturated rings. The third-order valence-electron chi connectivity index (χ3n) is 0. The van der Waals surface area contributed by atoms with Crippen LogP contribution in [0.5, 0.6) is 0 Å². The van der Waals surface area contributed by atoms with Gasteiger partial charge in [0.25, 0.3) is 0 Å². The zero-order valence-corrected chi connectivity index (χ0v) is 12.6. The molecule has 13 heteroatoms. The molecule has 1 radical (unpaired) electrons. The Kier molecular flexibility index (Phi) is 819. The van der Waals surface area contributed by atoms with E-state index >= 15 is 0 Å². The van der Waals surface area contributed by atoms with Gasteiger partial charge in [-0.2, -0.15) is 0 Å². The van der Waals surface area contributed by atoms with Gasteiger partial charge in [0.05, 0.1) is 0 Å². The van der Waals surface area contributed by atoms with Crippen LogP contribution >= 0.6 is 0 Å². The summed E-state index contributed by atoms with van der Waals surface area (Å²) in [6.45, 7) is 0. The summed E-state index contributed by atoms with van der Waals surface area (Å²) < 4.78 is 0. The molecular formula is C5CoFeN5NaO5. The summed E-state index contributed by atoms with van der Waals surface area (Å²) in [6.07, 6.45) is 2.50. The van der Waals surface area contributed by atoms with Crippen molar-refractivity contribution in [2.24, 2.45) is 0 Å². The number of hydrogen-bond acceptors (Lipinski definition) is 10. The minimum Gasteiger partial charge on any atom is -0.812 e. The van der Waals surface area contributed by atoms with Gasteiger partial charge in [0.2, 0.25) is 0 Å². The van der Waals surface area contributed by atoms with E-state index in [2.05, 4.69) is 0 Å². The largest absolute Gasteiger partial charge is 2.00 e. The van der Waals surface area contributed by atoms with Crippen LogP contribution in [0, 0.1) is 57.6 Å². The first kappa shape index (κ1) is 54.9. The number of nitrogens with zero attached hydrogens (tertiary/aromatic N) is 5. The standard InChI is InChI=1S/5CHNO.Co.Fe.Na/c5*2-1-3;;;/h5*3H;;;/q;;;;;2*+2;+1/p-5. The molecule has 0 aromatic rings. The number of hydrogen-bond donors (Lipinski definition) is 0. The summed E-state index contributed by atoms with van der Waals surface area (Å²) in [5.41, 5.74) is 0. The molecule has 0 bridgehead atoms. The molecule has 0 N–H and O–H groups in total. The molecule has 0 saturated heterocycles. The van der Waals surface area contributed by atoms with E-state index in [1.54, 1.807) is 0 Å². The molecule has 0 heterocycles. The molecule has 0 rings (SSSR count). The van der Waals surface area contributed by atoms with Gasteiger partial charge in [-0.1, -0.05) is 0 Å². The Labute approximate surface area is 145 Å². The Bertz CT molecular complexity index is 217. The molecule has 0 aliphatic rings. The maximum absolute atomic E-state index is 8.24. The molecule has 0 aliphatic heterocycles. The molecule has 0 aliphatic carbocycles. The van der Waals surface area contributed by atoms with Crippen molar-refractivity contribution in [3.8, 4) is 31.3 Å². The van der Waals surface area contributed by atoms with Crippen molar-refractivity contribution in [2.75, 3.05) is 0 Å². The fourth-order valence-corrected chi connectivity index (χ4v) is 0. The molecule has 0 aromatic carbocycles. The first-order valence-corrected chi connectivity index (χ1v) is 2.14. The van der Waals surface area contributed by atoms with E-state index in [4.69, 9.17) is 51.8 Å². The van der Waals surface area contributed by atoms with Crippen molar-refractivity contribution in [2.45, 2.75) is 0 Å². The van der Waals surface area contributed by atoms with E-state index in [9.17, 15) is 0 Å². The quantitative estimate of drug-likeness (QED) is 0.296. The van der Waals surface area contributed by atoms with E-state index in [1.807, 2.05) is 0 Å². The van der Waals surface area contributed by atoms with Crippen LogP contribution < -0.4 is 55.1 Å². The summed E-state index contributed by atoms with van der Waals surface area (Å²) >= 11 is 0. The Morgan fingerprint density at radius 3 is 0.500 bits per heavy atom. The zero-order chi connectivity index (χ0) is 13.5. The monoisotopic (exact) mass is 348 g/mol. The van der Waals surface area contributed by atoms with Crippen LogP contribution in [-0.2, 0) is 33.8 Å². The molecule has 0 aromatic heterocycles. The molecule has 0 saturated carbocycles. The average Bonchev–Trinajstić information content (AvgIpc) is 2.09. The van der Waals surface area contributed by atoms with Gasteiger partial charge in [0.15, 0.2) is 0 Å². The van der Waals surface area contributed by atoms with Crippen molar-refractivity contribution in [3.63, 3.8) is 0 Å².